The monoisotopic (exact) mass is 484 g/mol. The molecule has 1 aliphatic rings. The normalized spacial score (nSPS) is 14.1. The lowest BCUT2D eigenvalue weighted by Crippen LogP contribution is -2.25. The third kappa shape index (κ3) is 4.40. The van der Waals surface area contributed by atoms with Gasteiger partial charge < -0.3 is 23.9 Å². The quantitative estimate of drug-likeness (QED) is 0.246. The number of nitrogens with zero attached hydrogens (tertiary/aromatic N) is 1. The number of ether oxygens (including phenoxy) is 2. The molecule has 2 N–H and O–H groups in total. The molecule has 184 valence electrons. The highest BCUT2D eigenvalue weighted by Crippen LogP contribution is 2.40. The number of fused-ring (bicyclic) bond motifs is 1. The van der Waals surface area contributed by atoms with Gasteiger partial charge in [-0.1, -0.05) is 54.1 Å². The van der Waals surface area contributed by atoms with Crippen molar-refractivity contribution in [3.63, 3.8) is 0 Å². The maximum Gasteiger partial charge on any atom is 0.514 e. The number of ketones is 1. The van der Waals surface area contributed by atoms with Gasteiger partial charge in [0.1, 0.15) is 5.75 Å². The van der Waals surface area contributed by atoms with Gasteiger partial charge in [-0.3, -0.25) is 4.79 Å². The van der Waals surface area contributed by atoms with Gasteiger partial charge in [0, 0.05) is 29.3 Å². The number of aryl methyl sites for hydroxylation is 1. The number of rotatable bonds is 9. The molecular weight excluding hydrogens is 454 g/mol. The number of aliphatic carboxylic acids is 1. The number of methoxy groups -OCH3 is 1. The average molecular weight is 485 g/mol. The Labute approximate surface area is 210 Å². The van der Waals surface area contributed by atoms with E-state index < -0.39 is 11.6 Å². The van der Waals surface area contributed by atoms with Crippen LogP contribution in [0.2, 0.25) is 0 Å². The minimum Gasteiger partial charge on any atom is -0.497 e. The molecule has 0 bridgehead atoms. The van der Waals surface area contributed by atoms with Crippen molar-refractivity contribution in [2.75, 3.05) is 7.11 Å². The molecule has 1 heterocycles. The molecule has 0 aliphatic heterocycles. The Morgan fingerprint density at radius 3 is 2.42 bits per heavy atom. The number of hydrogen-bond acceptors (Lipinski definition) is 3. The van der Waals surface area contributed by atoms with Crippen LogP contribution in [0.15, 0.2) is 66.7 Å². The summed E-state index contributed by atoms with van der Waals surface area (Å²) in [5.41, 5.74) is 5.38. The van der Waals surface area contributed by atoms with Crippen LogP contribution >= 0.6 is 0 Å². The molecule has 36 heavy (non-hydrogen) atoms. The fraction of sp³-hybridized carbons (Fsp3) is 0.267. The first kappa shape index (κ1) is 23.8. The molecule has 6 heteroatoms. The summed E-state index contributed by atoms with van der Waals surface area (Å²) in [6.45, 7) is 4.84. The van der Waals surface area contributed by atoms with Gasteiger partial charge in [-0.2, -0.15) is 0 Å². The number of carboxylic acid groups (broad SMARTS) is 1. The van der Waals surface area contributed by atoms with Crippen LogP contribution < -0.4 is 4.74 Å². The number of carbonyl (C=O) groups is 1. The van der Waals surface area contributed by atoms with E-state index in [4.69, 9.17) is 9.47 Å². The van der Waals surface area contributed by atoms with E-state index >= 15 is 0 Å². The molecule has 1 fully saturated rings. The predicted octanol–water partition coefficient (Wildman–Crippen LogP) is 5.66. The number of benzene rings is 3. The molecule has 3 aromatic carbocycles. The van der Waals surface area contributed by atoms with Crippen molar-refractivity contribution in [1.29, 1.82) is 0 Å². The second-order valence-corrected chi connectivity index (χ2v) is 9.55. The number of aromatic nitrogens is 1. The second-order valence-electron chi connectivity index (χ2n) is 9.55. The van der Waals surface area contributed by atoms with Crippen molar-refractivity contribution >= 4 is 22.7 Å². The molecule has 0 radical (unpaired) electrons. The summed E-state index contributed by atoms with van der Waals surface area (Å²) in [4.78, 5) is 23.1. The summed E-state index contributed by atoms with van der Waals surface area (Å²) in [6.07, 6.45) is 1.23. The van der Waals surface area contributed by atoms with Crippen LogP contribution in [0, 0.1) is 13.8 Å². The lowest BCUT2D eigenvalue weighted by molar-refractivity contribution is 0.0482. The van der Waals surface area contributed by atoms with Gasteiger partial charge in [-0.05, 0) is 49.9 Å². The first-order valence-electron chi connectivity index (χ1n) is 12.1. The van der Waals surface area contributed by atoms with E-state index in [9.17, 15) is 14.7 Å². The Hall–Kier alpha value is -3.90. The van der Waals surface area contributed by atoms with E-state index in [-0.39, 0.29) is 12.4 Å². The highest BCUT2D eigenvalue weighted by molar-refractivity contribution is 6.17. The summed E-state index contributed by atoms with van der Waals surface area (Å²) >= 11 is 0. The molecule has 1 aromatic heterocycles. The predicted molar refractivity (Wildman–Crippen MR) is 140 cm³/mol. The molecule has 4 aromatic rings. The maximum atomic E-state index is 13.6. The van der Waals surface area contributed by atoms with E-state index in [0.717, 1.165) is 39.0 Å². The van der Waals surface area contributed by atoms with E-state index in [1.54, 1.807) is 7.11 Å². The second kappa shape index (κ2) is 9.28. The van der Waals surface area contributed by atoms with Crippen molar-refractivity contribution in [2.24, 2.45) is 0 Å². The topological polar surface area (TPSA) is 82.1 Å². The van der Waals surface area contributed by atoms with Gasteiger partial charge in [0.05, 0.1) is 24.8 Å². The van der Waals surface area contributed by atoms with E-state index in [1.165, 1.54) is 0 Å². The number of carboxylic acids is 1. The summed E-state index contributed by atoms with van der Waals surface area (Å²) in [5.74, 6) is 0.0821. The summed E-state index contributed by atoms with van der Waals surface area (Å²) in [6, 6.07) is 21.5. The van der Waals surface area contributed by atoms with Gasteiger partial charge in [0.2, 0.25) is 5.60 Å². The standard InChI is InChI=1S/C30H29NO5/c1-19-7-9-23(10-8-19)28(32)27-20(2)31(26-16-24(35-3)11-12-25(26)27)17-21-5-4-6-22(15-21)18-36-30(13-14-30)29(33)34/h4-12,15-16H,13-14,17-18H2,1-3H3,(H,33,34)/p+1. The Kier molecular flexibility index (Phi) is 6.14. The van der Waals surface area contributed by atoms with E-state index in [0.29, 0.717) is 30.5 Å². The summed E-state index contributed by atoms with van der Waals surface area (Å²) < 4.78 is 13.4. The SMILES string of the molecule is COc1ccc2c(C(=O)c3ccc(C)cc3)c(C)n(Cc3cccc(COC4(C(O)=[OH+])CC4)c3)c2c1. The van der Waals surface area contributed by atoms with Crippen LogP contribution in [0.5, 0.6) is 5.75 Å². The minimum absolute atomic E-state index is 0.00152. The molecule has 0 unspecified atom stereocenters. The zero-order valence-corrected chi connectivity index (χ0v) is 20.7. The van der Waals surface area contributed by atoms with Gasteiger partial charge >= 0.3 is 5.97 Å². The molecule has 1 aliphatic carbocycles. The van der Waals surface area contributed by atoms with Gasteiger partial charge in [-0.15, -0.1) is 0 Å². The smallest absolute Gasteiger partial charge is 0.497 e. The van der Waals surface area contributed by atoms with E-state index in [2.05, 4.69) is 10.6 Å². The first-order valence-corrected chi connectivity index (χ1v) is 12.1. The van der Waals surface area contributed by atoms with Crippen LogP contribution in [0.25, 0.3) is 10.9 Å². The third-order valence-electron chi connectivity index (χ3n) is 7.03. The summed E-state index contributed by atoms with van der Waals surface area (Å²) in [7, 11) is 1.64. The Morgan fingerprint density at radius 2 is 1.75 bits per heavy atom. The molecule has 0 saturated heterocycles. The highest BCUT2D eigenvalue weighted by atomic mass is 16.5. The fourth-order valence-electron chi connectivity index (χ4n) is 4.69. The van der Waals surface area contributed by atoms with Crippen molar-refractivity contribution < 1.29 is 24.2 Å². The minimum atomic E-state index is -0.912. The first-order chi connectivity index (χ1) is 17.3. The van der Waals surface area contributed by atoms with Gasteiger partial charge in [-0.25, -0.2) is 0 Å². The van der Waals surface area contributed by atoms with Crippen LogP contribution in [-0.2, 0) is 17.9 Å². The van der Waals surface area contributed by atoms with Gasteiger partial charge in [0.15, 0.2) is 5.78 Å². The maximum absolute atomic E-state index is 13.6. The van der Waals surface area contributed by atoms with Crippen molar-refractivity contribution in [1.82, 2.24) is 4.57 Å². The van der Waals surface area contributed by atoms with Crippen molar-refractivity contribution in [3.05, 3.63) is 100 Å². The number of hydrogen-bond donors (Lipinski definition) is 1. The van der Waals surface area contributed by atoms with Gasteiger partial charge in [0.25, 0.3) is 0 Å². The third-order valence-corrected chi connectivity index (χ3v) is 7.03. The molecule has 0 atom stereocenters. The highest BCUT2D eigenvalue weighted by Gasteiger charge is 2.57. The summed E-state index contributed by atoms with van der Waals surface area (Å²) in [5, 5.41) is 10.4. The molecule has 0 spiro atoms. The van der Waals surface area contributed by atoms with Crippen molar-refractivity contribution in [2.45, 2.75) is 45.4 Å². The molecule has 5 rings (SSSR count). The number of aliphatic hydroxyl groups excluding tert-OH is 1. The van der Waals surface area contributed by atoms with Crippen LogP contribution in [0.4, 0.5) is 0 Å². The van der Waals surface area contributed by atoms with Crippen LogP contribution in [-0.4, -0.2) is 38.9 Å². The molecule has 1 saturated carbocycles. The Bertz CT molecular complexity index is 1460. The molecular formula is C30H30NO5+. The van der Waals surface area contributed by atoms with Crippen molar-refractivity contribution in [3.8, 4) is 5.75 Å². The average Bonchev–Trinajstić information content (AvgIpc) is 3.63. The molecule has 0 amide bonds. The zero-order valence-electron chi connectivity index (χ0n) is 20.7. The lowest BCUT2D eigenvalue weighted by atomic mass is 9.99. The Balaban J connectivity index is 1.50. The zero-order chi connectivity index (χ0) is 25.4. The van der Waals surface area contributed by atoms with E-state index in [1.807, 2.05) is 74.5 Å². The van der Waals surface area contributed by atoms with Crippen LogP contribution in [0.3, 0.4) is 0 Å². The van der Waals surface area contributed by atoms with Crippen LogP contribution in [0.1, 0.15) is 51.1 Å². The Morgan fingerprint density at radius 1 is 1.03 bits per heavy atom. The number of carbonyl (C=O) groups excluding carboxylic acids is 1. The lowest BCUT2D eigenvalue weighted by Gasteiger charge is -2.12. The molecule has 6 nitrogen and oxygen atoms in total. The fourth-order valence-corrected chi connectivity index (χ4v) is 4.69. The largest absolute Gasteiger partial charge is 0.514 e.